The van der Waals surface area contributed by atoms with E-state index in [-0.39, 0.29) is 0 Å². The Kier molecular flexibility index (Phi) is 11.1. The molecular formula is C30H40N6OS2Si. The van der Waals surface area contributed by atoms with E-state index in [1.165, 1.54) is 52.1 Å². The van der Waals surface area contributed by atoms with Crippen molar-refractivity contribution >= 4 is 67.7 Å². The number of anilines is 1. The van der Waals surface area contributed by atoms with Crippen LogP contribution < -0.4 is 4.90 Å². The van der Waals surface area contributed by atoms with Gasteiger partial charge in [0, 0.05) is 25.4 Å². The highest BCUT2D eigenvalue weighted by molar-refractivity contribution is 7.30. The van der Waals surface area contributed by atoms with Crippen molar-refractivity contribution in [2.45, 2.75) is 65.6 Å². The van der Waals surface area contributed by atoms with Crippen molar-refractivity contribution in [1.82, 2.24) is 4.98 Å². The van der Waals surface area contributed by atoms with Gasteiger partial charge in [-0.1, -0.05) is 55.6 Å². The molecule has 0 N–H and O–H groups in total. The lowest BCUT2D eigenvalue weighted by Crippen LogP contribution is -2.36. The molecule has 0 aliphatic carbocycles. The van der Waals surface area contributed by atoms with Crippen LogP contribution >= 0.6 is 22.7 Å². The quantitative estimate of drug-likeness (QED) is 0.0782. The van der Waals surface area contributed by atoms with Gasteiger partial charge in [-0.15, -0.1) is 20.5 Å². The highest BCUT2D eigenvalue weighted by Crippen LogP contribution is 2.39. The maximum Gasteiger partial charge on any atom is 0.231 e. The fraction of sp³-hybridized carbons (Fsp3) is 0.433. The smallest absolute Gasteiger partial charge is 0.231 e. The fourth-order valence-electron chi connectivity index (χ4n) is 4.68. The van der Waals surface area contributed by atoms with Crippen LogP contribution in [0.2, 0.25) is 18.1 Å². The van der Waals surface area contributed by atoms with Crippen LogP contribution in [0.5, 0.6) is 0 Å². The first-order chi connectivity index (χ1) is 19.5. The molecular weight excluding hydrogens is 553 g/mol. The summed E-state index contributed by atoms with van der Waals surface area (Å²) in [7, 11) is -1.49. The van der Waals surface area contributed by atoms with Gasteiger partial charge < -0.3 is 9.33 Å². The Bertz CT molecular complexity index is 1350. The number of rotatable bonds is 15. The van der Waals surface area contributed by atoms with Gasteiger partial charge in [0.15, 0.2) is 8.32 Å². The molecule has 0 spiro atoms. The molecule has 2 heterocycles. The van der Waals surface area contributed by atoms with Gasteiger partial charge in [0.05, 0.1) is 16.1 Å². The minimum absolute atomic E-state index is 0.644. The lowest BCUT2D eigenvalue weighted by Gasteiger charge is -2.27. The number of thiophene rings is 1. The topological polar surface area (TPSA) is 74.8 Å². The summed E-state index contributed by atoms with van der Waals surface area (Å²) in [5.41, 5.74) is 4.17. The van der Waals surface area contributed by atoms with Crippen molar-refractivity contribution in [3.8, 4) is 0 Å². The second kappa shape index (κ2) is 14.7. The lowest BCUT2D eigenvalue weighted by atomic mass is 10.1. The molecule has 0 amide bonds. The summed E-state index contributed by atoms with van der Waals surface area (Å²) >= 11 is 3.03. The zero-order chi connectivity index (χ0) is 28.4. The number of nitrogens with zero attached hydrogens (tertiary/aromatic N) is 6. The van der Waals surface area contributed by atoms with E-state index in [1.807, 2.05) is 30.3 Å². The molecule has 4 aromatic rings. The van der Waals surface area contributed by atoms with E-state index in [1.54, 1.807) is 0 Å². The summed E-state index contributed by atoms with van der Waals surface area (Å²) in [6.07, 6.45) is 2.08. The Labute approximate surface area is 247 Å². The molecule has 40 heavy (non-hydrogen) atoms. The number of fused-ring (bicyclic) bond motifs is 1. The number of aryl methyl sites for hydroxylation is 1. The molecule has 0 aliphatic rings. The Morgan fingerprint density at radius 1 is 0.775 bits per heavy atom. The lowest BCUT2D eigenvalue weighted by molar-refractivity contribution is 0.293. The summed E-state index contributed by atoms with van der Waals surface area (Å²) in [5, 5.41) is 19.1. The normalized spacial score (nSPS) is 12.3. The molecule has 0 fully saturated rings. The predicted octanol–water partition coefficient (Wildman–Crippen LogP) is 11.0. The first-order valence-electron chi connectivity index (χ1n) is 14.3. The van der Waals surface area contributed by atoms with Crippen LogP contribution in [0.25, 0.3) is 9.53 Å². The molecule has 0 atom stereocenters. The van der Waals surface area contributed by atoms with Crippen molar-refractivity contribution in [2.24, 2.45) is 20.5 Å². The van der Waals surface area contributed by atoms with E-state index >= 15 is 0 Å². The Hall–Kier alpha value is -2.79. The molecule has 2 aromatic carbocycles. The SMILES string of the molecule is CCN(CC)c1ccc(N=Nc2nc3sc(N=Nc4ccc(CCCO[Si](CC)(CC)CC)cc4)cc3s2)cc1. The van der Waals surface area contributed by atoms with Gasteiger partial charge in [-0.2, -0.15) is 0 Å². The van der Waals surface area contributed by atoms with E-state index in [4.69, 9.17) is 4.43 Å². The average molecular weight is 593 g/mol. The number of azo groups is 2. The number of aromatic nitrogens is 1. The molecule has 7 nitrogen and oxygen atoms in total. The van der Waals surface area contributed by atoms with Crippen molar-refractivity contribution in [1.29, 1.82) is 0 Å². The molecule has 0 unspecified atom stereocenters. The third kappa shape index (κ3) is 7.90. The van der Waals surface area contributed by atoms with Crippen LogP contribution in [0, 0.1) is 0 Å². The van der Waals surface area contributed by atoms with Crippen molar-refractivity contribution in [2.75, 3.05) is 24.6 Å². The van der Waals surface area contributed by atoms with Crippen molar-refractivity contribution in [3.63, 3.8) is 0 Å². The standard InChI is InChI=1S/C30H40N6OS2Si/c1-6-36(7-2)26-19-17-25(18-20-26)33-35-30-31-29-27(38-30)22-28(39-29)34-32-24-15-13-23(14-16-24)12-11-21-37-40(8-3,9-4)10-5/h13-20,22H,6-12,21H2,1-5H3. The van der Waals surface area contributed by atoms with Gasteiger partial charge in [-0.25, -0.2) is 4.98 Å². The van der Waals surface area contributed by atoms with Crippen molar-refractivity contribution in [3.05, 3.63) is 60.2 Å². The molecule has 212 valence electrons. The second-order valence-electron chi connectivity index (χ2n) is 9.70. The van der Waals surface area contributed by atoms with Crippen LogP contribution in [0.4, 0.5) is 27.2 Å². The number of thiazole rings is 1. The highest BCUT2D eigenvalue weighted by Gasteiger charge is 2.28. The minimum atomic E-state index is -1.49. The van der Waals surface area contributed by atoms with Gasteiger partial charge in [-0.05, 0) is 92.8 Å². The van der Waals surface area contributed by atoms with Gasteiger partial charge in [0.1, 0.15) is 9.83 Å². The Morgan fingerprint density at radius 3 is 2.00 bits per heavy atom. The molecule has 0 radical (unpaired) electrons. The third-order valence-electron chi connectivity index (χ3n) is 7.45. The maximum atomic E-state index is 6.38. The molecule has 0 saturated carbocycles. The van der Waals surface area contributed by atoms with E-state index in [9.17, 15) is 0 Å². The molecule has 0 saturated heterocycles. The van der Waals surface area contributed by atoms with E-state index in [2.05, 4.69) is 89.2 Å². The summed E-state index contributed by atoms with van der Waals surface area (Å²) in [6.45, 7) is 14.0. The second-order valence-corrected chi connectivity index (χ2v) is 16.5. The van der Waals surface area contributed by atoms with Gasteiger partial charge in [0.25, 0.3) is 0 Å². The Balaban J connectivity index is 1.29. The molecule has 4 rings (SSSR count). The summed E-state index contributed by atoms with van der Waals surface area (Å²) in [6, 6.07) is 22.1. The maximum absolute atomic E-state index is 6.38. The fourth-order valence-corrected chi connectivity index (χ4v) is 9.22. The number of hydrogen-bond donors (Lipinski definition) is 0. The predicted molar refractivity (Wildman–Crippen MR) is 174 cm³/mol. The number of hydrogen-bond acceptors (Lipinski definition) is 9. The van der Waals surface area contributed by atoms with E-state index in [0.717, 1.165) is 58.4 Å². The van der Waals surface area contributed by atoms with Crippen LogP contribution in [0.1, 0.15) is 46.6 Å². The summed E-state index contributed by atoms with van der Waals surface area (Å²) in [5.74, 6) is 0. The van der Waals surface area contributed by atoms with Crippen LogP contribution in [0.3, 0.4) is 0 Å². The Morgan fingerprint density at radius 2 is 1.40 bits per heavy atom. The number of benzene rings is 2. The first kappa shape index (κ1) is 30.2. The monoisotopic (exact) mass is 592 g/mol. The van der Waals surface area contributed by atoms with Crippen LogP contribution in [-0.4, -0.2) is 33.0 Å². The van der Waals surface area contributed by atoms with E-state index in [0.29, 0.717) is 5.13 Å². The summed E-state index contributed by atoms with van der Waals surface area (Å²) < 4.78 is 7.42. The largest absolute Gasteiger partial charge is 0.417 e. The minimum Gasteiger partial charge on any atom is -0.417 e. The zero-order valence-electron chi connectivity index (χ0n) is 24.3. The third-order valence-corrected chi connectivity index (χ3v) is 14.1. The first-order valence-corrected chi connectivity index (χ1v) is 18.5. The molecule has 10 heteroatoms. The van der Waals surface area contributed by atoms with Crippen LogP contribution in [0.15, 0.2) is 75.1 Å². The van der Waals surface area contributed by atoms with E-state index < -0.39 is 8.32 Å². The van der Waals surface area contributed by atoms with Gasteiger partial charge >= 0.3 is 0 Å². The molecule has 0 bridgehead atoms. The molecule has 0 aliphatic heterocycles. The van der Waals surface area contributed by atoms with Gasteiger partial charge in [0.2, 0.25) is 5.13 Å². The van der Waals surface area contributed by atoms with Crippen LogP contribution in [-0.2, 0) is 10.8 Å². The molecule has 2 aromatic heterocycles. The highest BCUT2D eigenvalue weighted by atomic mass is 32.1. The summed E-state index contributed by atoms with van der Waals surface area (Å²) in [4.78, 5) is 7.82. The van der Waals surface area contributed by atoms with Crippen molar-refractivity contribution < 1.29 is 4.43 Å². The average Bonchev–Trinajstić information content (AvgIpc) is 3.56. The zero-order valence-corrected chi connectivity index (χ0v) is 26.9. The van der Waals surface area contributed by atoms with Gasteiger partial charge in [-0.3, -0.25) is 0 Å².